The number of hydrogen-bond acceptors (Lipinski definition) is 4. The van der Waals surface area contributed by atoms with Crippen molar-refractivity contribution in [3.05, 3.63) is 51.0 Å². The summed E-state index contributed by atoms with van der Waals surface area (Å²) in [7, 11) is 2.99. The van der Waals surface area contributed by atoms with Crippen LogP contribution in [0.5, 0.6) is 11.5 Å². The SMILES string of the molecule is COc1ccc(C(=O)NNc2c(Cl)cc(Cl)cc2Cl)c(OC)c1. The summed E-state index contributed by atoms with van der Waals surface area (Å²) in [5.74, 6) is 0.527. The molecule has 8 heteroatoms. The quantitative estimate of drug-likeness (QED) is 0.760. The third-order valence-electron chi connectivity index (χ3n) is 2.96. The molecule has 23 heavy (non-hydrogen) atoms. The van der Waals surface area contributed by atoms with Crippen LogP contribution in [0.15, 0.2) is 30.3 Å². The van der Waals surface area contributed by atoms with E-state index in [-0.39, 0.29) is 10.0 Å². The molecule has 0 saturated heterocycles. The van der Waals surface area contributed by atoms with Gasteiger partial charge in [0.05, 0.1) is 35.5 Å². The molecule has 0 fully saturated rings. The summed E-state index contributed by atoms with van der Waals surface area (Å²) >= 11 is 17.9. The maximum absolute atomic E-state index is 12.3. The molecule has 0 aliphatic carbocycles. The van der Waals surface area contributed by atoms with E-state index in [1.165, 1.54) is 26.4 Å². The average molecular weight is 376 g/mol. The van der Waals surface area contributed by atoms with Gasteiger partial charge in [0.25, 0.3) is 5.91 Å². The van der Waals surface area contributed by atoms with E-state index in [0.29, 0.717) is 27.8 Å². The molecule has 122 valence electrons. The number of benzene rings is 2. The zero-order valence-electron chi connectivity index (χ0n) is 12.2. The molecular formula is C15H13Cl3N2O3. The number of methoxy groups -OCH3 is 2. The first kappa shape index (κ1) is 17.5. The van der Waals surface area contributed by atoms with E-state index in [2.05, 4.69) is 10.9 Å². The van der Waals surface area contributed by atoms with Gasteiger partial charge < -0.3 is 9.47 Å². The molecule has 0 aliphatic rings. The topological polar surface area (TPSA) is 59.6 Å². The zero-order chi connectivity index (χ0) is 17.0. The van der Waals surface area contributed by atoms with Crippen molar-refractivity contribution in [2.24, 2.45) is 0 Å². The standard InChI is InChI=1S/C15H13Cl3N2O3/c1-22-9-3-4-10(13(7-9)23-2)15(21)20-19-14-11(17)5-8(16)6-12(14)18/h3-7,19H,1-2H3,(H,20,21). The fourth-order valence-electron chi connectivity index (χ4n) is 1.83. The van der Waals surface area contributed by atoms with Crippen LogP contribution >= 0.6 is 34.8 Å². The van der Waals surface area contributed by atoms with Crippen LogP contribution in [0.3, 0.4) is 0 Å². The van der Waals surface area contributed by atoms with Gasteiger partial charge in [0.1, 0.15) is 11.5 Å². The summed E-state index contributed by atoms with van der Waals surface area (Å²) in [5, 5.41) is 0.961. The number of amides is 1. The Balaban J connectivity index is 2.17. The van der Waals surface area contributed by atoms with Crippen LogP contribution in [0.1, 0.15) is 10.4 Å². The molecule has 0 radical (unpaired) electrons. The maximum atomic E-state index is 12.3. The first-order valence-corrected chi connectivity index (χ1v) is 7.52. The van der Waals surface area contributed by atoms with Gasteiger partial charge in [-0.3, -0.25) is 15.6 Å². The van der Waals surface area contributed by atoms with E-state index in [0.717, 1.165) is 0 Å². The largest absolute Gasteiger partial charge is 0.497 e. The Morgan fingerprint density at radius 3 is 2.22 bits per heavy atom. The van der Waals surface area contributed by atoms with Gasteiger partial charge in [0.2, 0.25) is 0 Å². The van der Waals surface area contributed by atoms with Gasteiger partial charge >= 0.3 is 0 Å². The number of ether oxygens (including phenoxy) is 2. The lowest BCUT2D eigenvalue weighted by Gasteiger charge is -2.14. The molecule has 0 aromatic heterocycles. The molecule has 0 aliphatic heterocycles. The second kappa shape index (κ2) is 7.64. The molecule has 0 unspecified atom stereocenters. The Hall–Kier alpha value is -1.82. The molecule has 0 bridgehead atoms. The summed E-state index contributed by atoms with van der Waals surface area (Å²) in [4.78, 5) is 12.3. The minimum atomic E-state index is -0.424. The van der Waals surface area contributed by atoms with Crippen molar-refractivity contribution in [2.75, 3.05) is 19.6 Å². The highest BCUT2D eigenvalue weighted by Crippen LogP contribution is 2.33. The van der Waals surface area contributed by atoms with Crippen LogP contribution in [0.25, 0.3) is 0 Å². The number of carbonyl (C=O) groups excluding carboxylic acids is 1. The number of nitrogens with one attached hydrogen (secondary N) is 2. The number of carbonyl (C=O) groups is 1. The van der Waals surface area contributed by atoms with Crippen molar-refractivity contribution in [3.8, 4) is 11.5 Å². The van der Waals surface area contributed by atoms with Crippen molar-refractivity contribution in [1.82, 2.24) is 5.43 Å². The highest BCUT2D eigenvalue weighted by atomic mass is 35.5. The van der Waals surface area contributed by atoms with E-state index in [9.17, 15) is 4.79 Å². The second-order valence-corrected chi connectivity index (χ2v) is 5.64. The fraction of sp³-hybridized carbons (Fsp3) is 0.133. The Morgan fingerprint density at radius 1 is 1.00 bits per heavy atom. The maximum Gasteiger partial charge on any atom is 0.273 e. The summed E-state index contributed by atoms with van der Waals surface area (Å²) in [6.45, 7) is 0. The Labute approximate surface area is 148 Å². The van der Waals surface area contributed by atoms with Crippen LogP contribution in [-0.2, 0) is 0 Å². The molecule has 2 aromatic carbocycles. The first-order valence-electron chi connectivity index (χ1n) is 6.39. The highest BCUT2D eigenvalue weighted by molar-refractivity contribution is 6.41. The van der Waals surface area contributed by atoms with Crippen molar-refractivity contribution in [3.63, 3.8) is 0 Å². The lowest BCUT2D eigenvalue weighted by Crippen LogP contribution is -2.30. The van der Waals surface area contributed by atoms with Crippen molar-refractivity contribution < 1.29 is 14.3 Å². The smallest absolute Gasteiger partial charge is 0.273 e. The van der Waals surface area contributed by atoms with Gasteiger partial charge in [-0.15, -0.1) is 0 Å². The molecular weight excluding hydrogens is 363 g/mol. The van der Waals surface area contributed by atoms with Crippen LogP contribution in [0.4, 0.5) is 5.69 Å². The number of hydrazine groups is 1. The number of anilines is 1. The molecule has 5 nitrogen and oxygen atoms in total. The van der Waals surface area contributed by atoms with Gasteiger partial charge in [-0.2, -0.15) is 0 Å². The number of hydrogen-bond donors (Lipinski definition) is 2. The van der Waals surface area contributed by atoms with E-state index >= 15 is 0 Å². The minimum Gasteiger partial charge on any atom is -0.497 e. The van der Waals surface area contributed by atoms with Gasteiger partial charge in [-0.25, -0.2) is 0 Å². The van der Waals surface area contributed by atoms with Gasteiger partial charge in [-0.1, -0.05) is 34.8 Å². The zero-order valence-corrected chi connectivity index (χ0v) is 14.5. The first-order chi connectivity index (χ1) is 11.0. The molecule has 2 rings (SSSR count). The van der Waals surface area contributed by atoms with Gasteiger partial charge in [0, 0.05) is 11.1 Å². The highest BCUT2D eigenvalue weighted by Gasteiger charge is 2.14. The summed E-state index contributed by atoms with van der Waals surface area (Å²) < 4.78 is 10.3. The van der Waals surface area contributed by atoms with Crippen LogP contribution < -0.4 is 20.3 Å². The van der Waals surface area contributed by atoms with Crippen LogP contribution in [0.2, 0.25) is 15.1 Å². The fourth-order valence-corrected chi connectivity index (χ4v) is 2.75. The lowest BCUT2D eigenvalue weighted by molar-refractivity contribution is 0.0959. The average Bonchev–Trinajstić information content (AvgIpc) is 2.52. The monoisotopic (exact) mass is 374 g/mol. The molecule has 2 N–H and O–H groups in total. The predicted molar refractivity (Wildman–Crippen MR) is 92.1 cm³/mol. The Morgan fingerprint density at radius 2 is 1.65 bits per heavy atom. The molecule has 0 saturated carbocycles. The molecule has 0 atom stereocenters. The summed E-state index contributed by atoms with van der Waals surface area (Å²) in [6, 6.07) is 7.87. The second-order valence-electron chi connectivity index (χ2n) is 4.39. The van der Waals surface area contributed by atoms with Crippen molar-refractivity contribution in [1.29, 1.82) is 0 Å². The van der Waals surface area contributed by atoms with Crippen LogP contribution in [-0.4, -0.2) is 20.1 Å². The Kier molecular flexibility index (Phi) is 5.82. The van der Waals surface area contributed by atoms with E-state index in [4.69, 9.17) is 44.3 Å². The predicted octanol–water partition coefficient (Wildman–Crippen LogP) is 4.42. The summed E-state index contributed by atoms with van der Waals surface area (Å²) in [6.07, 6.45) is 0. The van der Waals surface area contributed by atoms with Crippen LogP contribution in [0, 0.1) is 0 Å². The molecule has 2 aromatic rings. The molecule has 0 heterocycles. The third kappa shape index (κ3) is 4.13. The van der Waals surface area contributed by atoms with E-state index in [1.54, 1.807) is 18.2 Å². The normalized spacial score (nSPS) is 10.1. The third-order valence-corrected chi connectivity index (χ3v) is 3.78. The lowest BCUT2D eigenvalue weighted by atomic mass is 10.2. The number of halogens is 3. The minimum absolute atomic E-state index is 0.282. The van der Waals surface area contributed by atoms with E-state index < -0.39 is 5.91 Å². The molecule has 0 spiro atoms. The van der Waals surface area contributed by atoms with Gasteiger partial charge in [-0.05, 0) is 24.3 Å². The molecule has 1 amide bonds. The summed E-state index contributed by atoms with van der Waals surface area (Å²) in [5.41, 5.74) is 5.85. The Bertz CT molecular complexity index is 715. The van der Waals surface area contributed by atoms with Crippen molar-refractivity contribution in [2.45, 2.75) is 0 Å². The number of rotatable bonds is 5. The van der Waals surface area contributed by atoms with E-state index in [1.807, 2.05) is 0 Å². The van der Waals surface area contributed by atoms with Gasteiger partial charge in [0.15, 0.2) is 0 Å². The van der Waals surface area contributed by atoms with Crippen molar-refractivity contribution >= 4 is 46.4 Å².